The van der Waals surface area contributed by atoms with Gasteiger partial charge in [0.2, 0.25) is 11.8 Å². The molecule has 2 aliphatic rings. The van der Waals surface area contributed by atoms with E-state index in [0.29, 0.717) is 31.3 Å². The van der Waals surface area contributed by atoms with Crippen LogP contribution in [0.5, 0.6) is 0 Å². The van der Waals surface area contributed by atoms with Crippen LogP contribution in [-0.4, -0.2) is 38.1 Å². The molecule has 2 heterocycles. The van der Waals surface area contributed by atoms with Crippen molar-refractivity contribution in [1.82, 2.24) is 5.32 Å². The molecule has 0 saturated carbocycles. The van der Waals surface area contributed by atoms with Crippen LogP contribution in [0.25, 0.3) is 0 Å². The highest BCUT2D eigenvalue weighted by molar-refractivity contribution is 6.00. The fourth-order valence-corrected chi connectivity index (χ4v) is 2.89. The zero-order chi connectivity index (χ0) is 15.5. The van der Waals surface area contributed by atoms with Crippen LogP contribution in [0.15, 0.2) is 24.3 Å². The van der Waals surface area contributed by atoms with E-state index in [1.165, 1.54) is 12.1 Å². The van der Waals surface area contributed by atoms with Gasteiger partial charge in [0.1, 0.15) is 5.82 Å². The largest absolute Gasteiger partial charge is 0.381 e. The number of halogens is 1. The fraction of sp³-hybridized carbons (Fsp3) is 0.500. The fourth-order valence-electron chi connectivity index (χ4n) is 2.89. The minimum atomic E-state index is -0.347. The zero-order valence-corrected chi connectivity index (χ0v) is 12.3. The molecule has 0 spiro atoms. The summed E-state index contributed by atoms with van der Waals surface area (Å²) in [6, 6.07) is 5.75. The van der Waals surface area contributed by atoms with Gasteiger partial charge in [-0.1, -0.05) is 0 Å². The lowest BCUT2D eigenvalue weighted by molar-refractivity contribution is -0.126. The molecule has 118 valence electrons. The Kier molecular flexibility index (Phi) is 4.38. The van der Waals surface area contributed by atoms with Crippen molar-refractivity contribution in [3.05, 3.63) is 30.1 Å². The number of carbonyl (C=O) groups excluding carboxylic acids is 2. The summed E-state index contributed by atoms with van der Waals surface area (Å²) >= 11 is 0. The summed E-state index contributed by atoms with van der Waals surface area (Å²) in [7, 11) is 0. The Hall–Kier alpha value is -1.95. The molecule has 0 aliphatic carbocycles. The molecular formula is C16H19FN2O3. The summed E-state index contributed by atoms with van der Waals surface area (Å²) < 4.78 is 18.2. The van der Waals surface area contributed by atoms with E-state index < -0.39 is 0 Å². The molecule has 2 aliphatic heterocycles. The lowest BCUT2D eigenvalue weighted by Gasteiger charge is -2.17. The van der Waals surface area contributed by atoms with Gasteiger partial charge in [-0.2, -0.15) is 0 Å². The molecule has 2 amide bonds. The molecular weight excluding hydrogens is 287 g/mol. The van der Waals surface area contributed by atoms with E-state index in [4.69, 9.17) is 4.74 Å². The number of hydrogen-bond acceptors (Lipinski definition) is 3. The Labute approximate surface area is 128 Å². The van der Waals surface area contributed by atoms with Crippen molar-refractivity contribution in [1.29, 1.82) is 0 Å². The zero-order valence-electron chi connectivity index (χ0n) is 12.3. The molecule has 0 aromatic heterocycles. The maximum Gasteiger partial charge on any atom is 0.227 e. The Bertz CT molecular complexity index is 555. The quantitative estimate of drug-likeness (QED) is 0.913. The van der Waals surface area contributed by atoms with Crippen LogP contribution in [0.2, 0.25) is 0 Å². The SMILES string of the molecule is O=C(NCC1CCOC1)C1CC(=O)N(c2ccc(F)cc2)C1. The van der Waals surface area contributed by atoms with E-state index >= 15 is 0 Å². The second kappa shape index (κ2) is 6.44. The van der Waals surface area contributed by atoms with Gasteiger partial charge < -0.3 is 15.0 Å². The van der Waals surface area contributed by atoms with E-state index in [1.807, 2.05) is 0 Å². The Balaban J connectivity index is 1.56. The predicted molar refractivity (Wildman–Crippen MR) is 78.8 cm³/mol. The van der Waals surface area contributed by atoms with Gasteiger partial charge in [-0.3, -0.25) is 9.59 Å². The van der Waals surface area contributed by atoms with Gasteiger partial charge in [-0.05, 0) is 30.7 Å². The average molecular weight is 306 g/mol. The number of nitrogens with one attached hydrogen (secondary N) is 1. The van der Waals surface area contributed by atoms with Crippen LogP contribution >= 0.6 is 0 Å². The molecule has 22 heavy (non-hydrogen) atoms. The minimum Gasteiger partial charge on any atom is -0.381 e. The molecule has 0 radical (unpaired) electrons. The highest BCUT2D eigenvalue weighted by atomic mass is 19.1. The first-order valence-electron chi connectivity index (χ1n) is 7.55. The molecule has 2 unspecified atom stereocenters. The van der Waals surface area contributed by atoms with Gasteiger partial charge in [0.05, 0.1) is 12.5 Å². The van der Waals surface area contributed by atoms with Crippen molar-refractivity contribution in [3.8, 4) is 0 Å². The third-order valence-corrected chi connectivity index (χ3v) is 4.22. The first-order valence-corrected chi connectivity index (χ1v) is 7.55. The molecule has 0 bridgehead atoms. The van der Waals surface area contributed by atoms with Gasteiger partial charge in [0.15, 0.2) is 0 Å². The smallest absolute Gasteiger partial charge is 0.227 e. The van der Waals surface area contributed by atoms with Gasteiger partial charge in [-0.25, -0.2) is 4.39 Å². The first kappa shape index (κ1) is 15.0. The highest BCUT2D eigenvalue weighted by Crippen LogP contribution is 2.25. The Morgan fingerprint density at radius 2 is 2.14 bits per heavy atom. The number of benzene rings is 1. The van der Waals surface area contributed by atoms with Crippen LogP contribution in [0.4, 0.5) is 10.1 Å². The third kappa shape index (κ3) is 3.27. The normalized spacial score (nSPS) is 24.8. The van der Waals surface area contributed by atoms with E-state index in [9.17, 15) is 14.0 Å². The number of carbonyl (C=O) groups is 2. The molecule has 2 fully saturated rings. The van der Waals surface area contributed by atoms with E-state index in [-0.39, 0.29) is 30.0 Å². The number of rotatable bonds is 4. The Morgan fingerprint density at radius 3 is 2.82 bits per heavy atom. The summed E-state index contributed by atoms with van der Waals surface area (Å²) in [6.45, 7) is 2.38. The minimum absolute atomic E-state index is 0.0927. The van der Waals surface area contributed by atoms with Gasteiger partial charge in [0, 0.05) is 37.7 Å². The van der Waals surface area contributed by atoms with E-state index in [1.54, 1.807) is 17.0 Å². The second-order valence-electron chi connectivity index (χ2n) is 5.86. The topological polar surface area (TPSA) is 58.6 Å². The molecule has 2 atom stereocenters. The average Bonchev–Trinajstić information content (AvgIpc) is 3.15. The van der Waals surface area contributed by atoms with Crippen LogP contribution < -0.4 is 10.2 Å². The summed E-state index contributed by atoms with van der Waals surface area (Å²) in [6.07, 6.45) is 1.16. The van der Waals surface area contributed by atoms with E-state index in [2.05, 4.69) is 5.32 Å². The number of ether oxygens (including phenoxy) is 1. The Morgan fingerprint density at radius 1 is 1.36 bits per heavy atom. The van der Waals surface area contributed by atoms with Gasteiger partial charge in [-0.15, -0.1) is 0 Å². The van der Waals surface area contributed by atoms with Crippen molar-refractivity contribution >= 4 is 17.5 Å². The van der Waals surface area contributed by atoms with Crippen LogP contribution in [0.3, 0.4) is 0 Å². The molecule has 1 aromatic carbocycles. The lowest BCUT2D eigenvalue weighted by Crippen LogP contribution is -2.36. The lowest BCUT2D eigenvalue weighted by atomic mass is 10.1. The second-order valence-corrected chi connectivity index (χ2v) is 5.86. The molecule has 6 heteroatoms. The molecule has 3 rings (SSSR count). The maximum absolute atomic E-state index is 12.9. The number of anilines is 1. The predicted octanol–water partition coefficient (Wildman–Crippen LogP) is 1.33. The molecule has 2 saturated heterocycles. The van der Waals surface area contributed by atoms with Crippen LogP contribution in [0, 0.1) is 17.7 Å². The monoisotopic (exact) mass is 306 g/mol. The molecule has 1 N–H and O–H groups in total. The van der Waals surface area contributed by atoms with Crippen molar-refractivity contribution in [2.75, 3.05) is 31.2 Å². The number of hydrogen-bond donors (Lipinski definition) is 1. The number of amides is 2. The number of nitrogens with zero attached hydrogens (tertiary/aromatic N) is 1. The summed E-state index contributed by atoms with van der Waals surface area (Å²) in [5.41, 5.74) is 0.630. The van der Waals surface area contributed by atoms with E-state index in [0.717, 1.165) is 13.0 Å². The summed E-state index contributed by atoms with van der Waals surface area (Å²) in [5.74, 6) is -0.515. The van der Waals surface area contributed by atoms with Crippen molar-refractivity contribution < 1.29 is 18.7 Å². The van der Waals surface area contributed by atoms with Crippen LogP contribution in [-0.2, 0) is 14.3 Å². The molecule has 5 nitrogen and oxygen atoms in total. The highest BCUT2D eigenvalue weighted by Gasteiger charge is 2.35. The van der Waals surface area contributed by atoms with Crippen molar-refractivity contribution in [2.24, 2.45) is 11.8 Å². The standard InChI is InChI=1S/C16H19FN2O3/c17-13-1-3-14(4-2-13)19-9-12(7-15(19)20)16(21)18-8-11-5-6-22-10-11/h1-4,11-12H,5-10H2,(H,18,21). The first-order chi connectivity index (χ1) is 10.6. The summed E-state index contributed by atoms with van der Waals surface area (Å²) in [5, 5.41) is 2.91. The van der Waals surface area contributed by atoms with Gasteiger partial charge >= 0.3 is 0 Å². The van der Waals surface area contributed by atoms with Crippen molar-refractivity contribution in [2.45, 2.75) is 12.8 Å². The van der Waals surface area contributed by atoms with Crippen LogP contribution in [0.1, 0.15) is 12.8 Å². The molecule has 1 aromatic rings. The van der Waals surface area contributed by atoms with Gasteiger partial charge in [0.25, 0.3) is 0 Å². The third-order valence-electron chi connectivity index (χ3n) is 4.22. The van der Waals surface area contributed by atoms with Crippen molar-refractivity contribution in [3.63, 3.8) is 0 Å². The summed E-state index contributed by atoms with van der Waals surface area (Å²) in [4.78, 5) is 25.8. The maximum atomic E-state index is 12.9.